The number of nitrogens with one attached hydrogen (secondary N) is 2. The molecule has 0 saturated carbocycles. The lowest BCUT2D eigenvalue weighted by atomic mass is 10.2. The number of nitrogens with zero attached hydrogens (tertiary/aromatic N) is 2. The van der Waals surface area contributed by atoms with E-state index in [2.05, 4.69) is 20.8 Å². The van der Waals surface area contributed by atoms with Crippen LogP contribution in [0.5, 0.6) is 11.5 Å². The van der Waals surface area contributed by atoms with Gasteiger partial charge in [-0.1, -0.05) is 23.5 Å². The van der Waals surface area contributed by atoms with Gasteiger partial charge in [0, 0.05) is 12.1 Å². The number of anilines is 1. The summed E-state index contributed by atoms with van der Waals surface area (Å²) in [5.74, 6) is 1.23. The molecule has 0 aliphatic rings. The van der Waals surface area contributed by atoms with Gasteiger partial charge in [0.2, 0.25) is 5.13 Å². The van der Waals surface area contributed by atoms with E-state index < -0.39 is 0 Å². The van der Waals surface area contributed by atoms with Crippen LogP contribution in [0.2, 0.25) is 0 Å². The van der Waals surface area contributed by atoms with Crippen LogP contribution in [0.25, 0.3) is 0 Å². The lowest BCUT2D eigenvalue weighted by Gasteiger charge is -2.13. The Morgan fingerprint density at radius 2 is 2.10 bits per heavy atom. The van der Waals surface area contributed by atoms with E-state index in [9.17, 15) is 4.79 Å². The second-order valence-corrected chi connectivity index (χ2v) is 5.27. The lowest BCUT2D eigenvalue weighted by Crippen LogP contribution is -2.28. The van der Waals surface area contributed by atoms with Gasteiger partial charge in [0.15, 0.2) is 11.5 Å². The van der Waals surface area contributed by atoms with Crippen LogP contribution in [0.15, 0.2) is 18.2 Å². The van der Waals surface area contributed by atoms with Crippen LogP contribution in [-0.2, 0) is 6.54 Å². The average Bonchev–Trinajstić information content (AvgIpc) is 2.89. The van der Waals surface area contributed by atoms with Crippen molar-refractivity contribution in [2.75, 3.05) is 19.5 Å². The molecule has 0 unspecified atom stereocenters. The quantitative estimate of drug-likeness (QED) is 0.884. The summed E-state index contributed by atoms with van der Waals surface area (Å²) in [5, 5.41) is 14.3. The average molecular weight is 308 g/mol. The highest BCUT2D eigenvalue weighted by atomic mass is 32.1. The molecule has 1 heterocycles. The predicted molar refractivity (Wildman–Crippen MR) is 80.1 cm³/mol. The van der Waals surface area contributed by atoms with E-state index >= 15 is 0 Å². The number of para-hydroxylation sites is 1. The fraction of sp³-hybridized carbons (Fsp3) is 0.308. The number of aromatic nitrogens is 2. The van der Waals surface area contributed by atoms with Crippen molar-refractivity contribution in [3.05, 3.63) is 28.8 Å². The van der Waals surface area contributed by atoms with Gasteiger partial charge in [0.1, 0.15) is 5.01 Å². The minimum atomic E-state index is -0.351. The molecular formula is C13H16N4O3S. The van der Waals surface area contributed by atoms with Crippen molar-refractivity contribution in [2.45, 2.75) is 13.5 Å². The van der Waals surface area contributed by atoms with Crippen LogP contribution < -0.4 is 20.1 Å². The largest absolute Gasteiger partial charge is 0.493 e. The Bertz CT molecular complexity index is 630. The summed E-state index contributed by atoms with van der Waals surface area (Å²) in [4.78, 5) is 11.8. The number of carbonyl (C=O) groups is 1. The normalized spacial score (nSPS) is 10.0. The first-order valence-corrected chi connectivity index (χ1v) is 7.00. The third-order valence-corrected chi connectivity index (χ3v) is 3.42. The molecule has 2 amide bonds. The molecule has 1 aromatic carbocycles. The molecule has 0 atom stereocenters. The van der Waals surface area contributed by atoms with Gasteiger partial charge in [-0.2, -0.15) is 0 Å². The van der Waals surface area contributed by atoms with Gasteiger partial charge < -0.3 is 14.8 Å². The zero-order valence-electron chi connectivity index (χ0n) is 12.0. The van der Waals surface area contributed by atoms with Crippen LogP contribution in [0.1, 0.15) is 10.6 Å². The Balaban J connectivity index is 1.98. The first kappa shape index (κ1) is 15.0. The number of hydrogen-bond donors (Lipinski definition) is 2. The second-order valence-electron chi connectivity index (χ2n) is 4.09. The molecule has 0 aliphatic carbocycles. The summed E-state index contributed by atoms with van der Waals surface area (Å²) >= 11 is 1.31. The maximum absolute atomic E-state index is 11.8. The number of methoxy groups -OCH3 is 2. The van der Waals surface area contributed by atoms with Crippen molar-refractivity contribution in [3.63, 3.8) is 0 Å². The Morgan fingerprint density at radius 1 is 1.29 bits per heavy atom. The number of rotatable bonds is 5. The topological polar surface area (TPSA) is 85.4 Å². The van der Waals surface area contributed by atoms with Crippen molar-refractivity contribution < 1.29 is 14.3 Å². The number of ether oxygens (including phenoxy) is 2. The first-order valence-electron chi connectivity index (χ1n) is 6.19. The second kappa shape index (κ2) is 6.89. The van der Waals surface area contributed by atoms with Crippen LogP contribution in [0, 0.1) is 6.92 Å². The number of hydrogen-bond acceptors (Lipinski definition) is 6. The molecule has 8 heteroatoms. The van der Waals surface area contributed by atoms with Crippen molar-refractivity contribution in [2.24, 2.45) is 0 Å². The van der Waals surface area contributed by atoms with E-state index in [4.69, 9.17) is 9.47 Å². The van der Waals surface area contributed by atoms with Crippen molar-refractivity contribution in [1.82, 2.24) is 15.5 Å². The molecule has 0 saturated heterocycles. The minimum absolute atomic E-state index is 0.310. The molecule has 112 valence electrons. The third kappa shape index (κ3) is 3.82. The van der Waals surface area contributed by atoms with Gasteiger partial charge >= 0.3 is 6.03 Å². The third-order valence-electron chi connectivity index (χ3n) is 2.67. The summed E-state index contributed by atoms with van der Waals surface area (Å²) < 4.78 is 10.5. The molecule has 0 fully saturated rings. The van der Waals surface area contributed by atoms with Crippen LogP contribution in [-0.4, -0.2) is 30.4 Å². The molecular weight excluding hydrogens is 292 g/mol. The standard InChI is InChI=1S/C13H16N4O3S/c1-8-16-17-13(21-8)15-12(18)14-7-9-5-4-6-10(19-2)11(9)20-3/h4-6H,7H2,1-3H3,(H2,14,15,17,18). The number of aryl methyl sites for hydroxylation is 1. The van der Waals surface area contributed by atoms with Gasteiger partial charge in [-0.15, -0.1) is 10.2 Å². The molecule has 21 heavy (non-hydrogen) atoms. The van der Waals surface area contributed by atoms with Crippen molar-refractivity contribution >= 4 is 22.5 Å². The molecule has 2 N–H and O–H groups in total. The number of urea groups is 1. The van der Waals surface area contributed by atoms with Crippen LogP contribution in [0.3, 0.4) is 0 Å². The SMILES string of the molecule is COc1cccc(CNC(=O)Nc2nnc(C)s2)c1OC. The molecule has 0 bridgehead atoms. The van der Waals surface area contributed by atoms with Gasteiger partial charge in [0.25, 0.3) is 0 Å². The van der Waals surface area contributed by atoms with Gasteiger partial charge in [-0.05, 0) is 13.0 Å². The first-order chi connectivity index (χ1) is 10.1. The molecule has 0 radical (unpaired) electrons. The van der Waals surface area contributed by atoms with E-state index in [1.54, 1.807) is 20.3 Å². The smallest absolute Gasteiger partial charge is 0.321 e. The van der Waals surface area contributed by atoms with E-state index in [-0.39, 0.29) is 6.03 Å². The summed E-state index contributed by atoms with van der Waals surface area (Å²) in [6.07, 6.45) is 0. The molecule has 2 rings (SSSR count). The fourth-order valence-electron chi connectivity index (χ4n) is 1.76. The Kier molecular flexibility index (Phi) is 4.94. The maximum Gasteiger partial charge on any atom is 0.321 e. The highest BCUT2D eigenvalue weighted by Crippen LogP contribution is 2.30. The predicted octanol–water partition coefficient (Wildman–Crippen LogP) is 2.19. The Labute approximate surface area is 126 Å². The summed E-state index contributed by atoms with van der Waals surface area (Å²) in [5.41, 5.74) is 0.820. The monoisotopic (exact) mass is 308 g/mol. The van der Waals surface area contributed by atoms with E-state index in [1.807, 2.05) is 19.1 Å². The van der Waals surface area contributed by atoms with Crippen LogP contribution >= 0.6 is 11.3 Å². The van der Waals surface area contributed by atoms with Gasteiger partial charge in [-0.25, -0.2) is 4.79 Å². The van der Waals surface area contributed by atoms with Gasteiger partial charge in [0.05, 0.1) is 14.2 Å². The summed E-state index contributed by atoms with van der Waals surface area (Å²) in [6, 6.07) is 5.14. The molecule has 7 nitrogen and oxygen atoms in total. The van der Waals surface area contributed by atoms with Crippen molar-refractivity contribution in [3.8, 4) is 11.5 Å². The van der Waals surface area contributed by atoms with Crippen molar-refractivity contribution in [1.29, 1.82) is 0 Å². The highest BCUT2D eigenvalue weighted by Gasteiger charge is 2.11. The molecule has 0 aliphatic heterocycles. The number of carbonyl (C=O) groups excluding carboxylic acids is 1. The number of amides is 2. The van der Waals surface area contributed by atoms with Gasteiger partial charge in [-0.3, -0.25) is 5.32 Å². The Hall–Kier alpha value is -2.35. The zero-order chi connectivity index (χ0) is 15.2. The lowest BCUT2D eigenvalue weighted by molar-refractivity contribution is 0.251. The summed E-state index contributed by atoms with van der Waals surface area (Å²) in [7, 11) is 3.13. The minimum Gasteiger partial charge on any atom is -0.493 e. The molecule has 1 aromatic heterocycles. The van der Waals surface area contributed by atoms with E-state index in [0.717, 1.165) is 10.6 Å². The molecule has 0 spiro atoms. The maximum atomic E-state index is 11.8. The highest BCUT2D eigenvalue weighted by molar-refractivity contribution is 7.15. The number of benzene rings is 1. The zero-order valence-corrected chi connectivity index (χ0v) is 12.8. The fourth-order valence-corrected chi connectivity index (χ4v) is 2.34. The Morgan fingerprint density at radius 3 is 2.71 bits per heavy atom. The van der Waals surface area contributed by atoms with Crippen LogP contribution in [0.4, 0.5) is 9.93 Å². The summed E-state index contributed by atoms with van der Waals surface area (Å²) in [6.45, 7) is 2.13. The molecule has 2 aromatic rings. The van der Waals surface area contributed by atoms with E-state index in [0.29, 0.717) is 23.2 Å². The van der Waals surface area contributed by atoms with E-state index in [1.165, 1.54) is 11.3 Å².